The van der Waals surface area contributed by atoms with Gasteiger partial charge in [-0.2, -0.15) is 0 Å². The molecule has 0 aliphatic heterocycles. The third-order valence-electron chi connectivity index (χ3n) is 4.72. The van der Waals surface area contributed by atoms with E-state index in [9.17, 15) is 24.1 Å². The largest absolute Gasteiger partial charge is 0.351 e. The summed E-state index contributed by atoms with van der Waals surface area (Å²) >= 11 is 1.16. The van der Waals surface area contributed by atoms with Crippen molar-refractivity contribution in [1.82, 2.24) is 20.1 Å². The minimum atomic E-state index is -0.592. The zero-order chi connectivity index (χ0) is 24.0. The lowest BCUT2D eigenvalue weighted by Crippen LogP contribution is -2.27. The molecule has 0 bridgehead atoms. The molecule has 0 radical (unpaired) electrons. The van der Waals surface area contributed by atoms with Crippen molar-refractivity contribution in [2.75, 3.05) is 17.6 Å². The number of carbonyl (C=O) groups is 2. The SMILES string of the molecule is Cc1ccc([N+](=O)[O-])cc1NC(=O)CSc1nnc(CCNC(=O)c2ccccc2F)n1C. The number of anilines is 1. The first-order valence-electron chi connectivity index (χ1n) is 9.85. The van der Waals surface area contributed by atoms with Crippen LogP contribution in [0, 0.1) is 22.9 Å². The Morgan fingerprint density at radius 2 is 1.97 bits per heavy atom. The number of rotatable bonds is 9. The Balaban J connectivity index is 1.51. The molecule has 0 unspecified atom stereocenters. The molecule has 0 spiro atoms. The molecule has 0 aliphatic carbocycles. The molecule has 2 N–H and O–H groups in total. The molecule has 3 aromatic rings. The lowest BCUT2D eigenvalue weighted by molar-refractivity contribution is -0.384. The van der Waals surface area contributed by atoms with E-state index in [1.165, 1.54) is 30.3 Å². The number of nitro groups is 1. The van der Waals surface area contributed by atoms with E-state index in [1.807, 2.05) is 0 Å². The van der Waals surface area contributed by atoms with Crippen molar-refractivity contribution in [2.24, 2.45) is 7.05 Å². The second-order valence-corrected chi connectivity index (χ2v) is 7.98. The number of thioether (sulfide) groups is 1. The van der Waals surface area contributed by atoms with E-state index in [-0.39, 0.29) is 29.5 Å². The monoisotopic (exact) mass is 472 g/mol. The third-order valence-corrected chi connectivity index (χ3v) is 5.74. The zero-order valence-electron chi connectivity index (χ0n) is 17.9. The van der Waals surface area contributed by atoms with Gasteiger partial charge >= 0.3 is 0 Å². The van der Waals surface area contributed by atoms with E-state index in [1.54, 1.807) is 30.7 Å². The molecule has 1 heterocycles. The summed E-state index contributed by atoms with van der Waals surface area (Å²) in [5, 5.41) is 24.9. The van der Waals surface area contributed by atoms with Gasteiger partial charge in [0.15, 0.2) is 5.16 Å². The van der Waals surface area contributed by atoms with Crippen LogP contribution in [0.15, 0.2) is 47.6 Å². The van der Waals surface area contributed by atoms with Gasteiger partial charge in [0.2, 0.25) is 5.91 Å². The molecule has 10 nitrogen and oxygen atoms in total. The first-order chi connectivity index (χ1) is 15.8. The fourth-order valence-electron chi connectivity index (χ4n) is 2.89. The summed E-state index contributed by atoms with van der Waals surface area (Å²) in [4.78, 5) is 34.8. The fourth-order valence-corrected chi connectivity index (χ4v) is 3.62. The van der Waals surface area contributed by atoms with Crippen LogP contribution < -0.4 is 10.6 Å². The van der Waals surface area contributed by atoms with E-state index in [0.717, 1.165) is 11.8 Å². The van der Waals surface area contributed by atoms with Crippen molar-refractivity contribution in [3.05, 3.63) is 75.3 Å². The van der Waals surface area contributed by atoms with Crippen LogP contribution >= 0.6 is 11.8 Å². The maximum Gasteiger partial charge on any atom is 0.271 e. The molecule has 12 heteroatoms. The van der Waals surface area contributed by atoms with Crippen molar-refractivity contribution in [2.45, 2.75) is 18.5 Å². The summed E-state index contributed by atoms with van der Waals surface area (Å²) < 4.78 is 15.4. The predicted molar refractivity (Wildman–Crippen MR) is 121 cm³/mol. The van der Waals surface area contributed by atoms with Crippen molar-refractivity contribution < 1.29 is 18.9 Å². The predicted octanol–water partition coefficient (Wildman–Crippen LogP) is 2.87. The van der Waals surface area contributed by atoms with Crippen molar-refractivity contribution >= 4 is 35.0 Å². The molecule has 2 amide bonds. The molecule has 0 saturated heterocycles. The first kappa shape index (κ1) is 23.9. The third kappa shape index (κ3) is 6.13. The summed E-state index contributed by atoms with van der Waals surface area (Å²) in [5.74, 6) is -0.839. The van der Waals surface area contributed by atoms with Crippen molar-refractivity contribution in [3.8, 4) is 0 Å². The van der Waals surface area contributed by atoms with Crippen LogP contribution in [0.3, 0.4) is 0 Å². The number of aromatic nitrogens is 3. The summed E-state index contributed by atoms with van der Waals surface area (Å²) in [6.45, 7) is 1.97. The van der Waals surface area contributed by atoms with Gasteiger partial charge in [-0.3, -0.25) is 19.7 Å². The Bertz CT molecular complexity index is 1200. The molecular weight excluding hydrogens is 451 g/mol. The number of halogens is 1. The van der Waals surface area contributed by atoms with Crippen molar-refractivity contribution in [3.63, 3.8) is 0 Å². The van der Waals surface area contributed by atoms with Gasteiger partial charge in [0.1, 0.15) is 11.6 Å². The second-order valence-electron chi connectivity index (χ2n) is 7.04. The number of carbonyl (C=O) groups excluding carboxylic acids is 2. The van der Waals surface area contributed by atoms with Gasteiger partial charge in [0.25, 0.3) is 11.6 Å². The van der Waals surface area contributed by atoms with Crippen LogP contribution in [0.1, 0.15) is 21.7 Å². The van der Waals surface area contributed by atoms with Gasteiger partial charge in [-0.1, -0.05) is 30.0 Å². The van der Waals surface area contributed by atoms with E-state index in [0.29, 0.717) is 28.7 Å². The van der Waals surface area contributed by atoms with Crippen molar-refractivity contribution in [1.29, 1.82) is 0 Å². The van der Waals surface area contributed by atoms with Crippen LogP contribution in [-0.2, 0) is 18.3 Å². The molecule has 3 rings (SSSR count). The number of hydrogen-bond donors (Lipinski definition) is 2. The molecule has 0 aliphatic rings. The molecule has 0 atom stereocenters. The van der Waals surface area contributed by atoms with Crippen LogP contribution in [0.2, 0.25) is 0 Å². The molecule has 172 valence electrons. The Kier molecular flexibility index (Phi) is 7.72. The maximum atomic E-state index is 13.7. The Labute approximate surface area is 192 Å². The highest BCUT2D eigenvalue weighted by molar-refractivity contribution is 7.99. The molecule has 2 aromatic carbocycles. The highest BCUT2D eigenvalue weighted by atomic mass is 32.2. The number of benzene rings is 2. The van der Waals surface area contributed by atoms with Gasteiger partial charge in [-0.05, 0) is 24.6 Å². The number of amides is 2. The number of nitrogens with one attached hydrogen (secondary N) is 2. The van der Waals surface area contributed by atoms with Gasteiger partial charge < -0.3 is 15.2 Å². The van der Waals surface area contributed by atoms with E-state index in [4.69, 9.17) is 0 Å². The highest BCUT2D eigenvalue weighted by Gasteiger charge is 2.15. The summed E-state index contributed by atoms with van der Waals surface area (Å²) in [5.41, 5.74) is 0.941. The number of non-ortho nitro benzene ring substituents is 1. The number of hydrogen-bond acceptors (Lipinski definition) is 7. The number of nitro benzene ring substituents is 1. The molecule has 1 aromatic heterocycles. The Morgan fingerprint density at radius 1 is 1.21 bits per heavy atom. The van der Waals surface area contributed by atoms with Crippen LogP contribution in [-0.4, -0.2) is 43.8 Å². The van der Waals surface area contributed by atoms with Gasteiger partial charge in [-0.25, -0.2) is 4.39 Å². The van der Waals surface area contributed by atoms with E-state index in [2.05, 4.69) is 20.8 Å². The first-order valence-corrected chi connectivity index (χ1v) is 10.8. The highest BCUT2D eigenvalue weighted by Crippen LogP contribution is 2.23. The smallest absolute Gasteiger partial charge is 0.271 e. The average molecular weight is 473 g/mol. The lowest BCUT2D eigenvalue weighted by Gasteiger charge is -2.08. The van der Waals surface area contributed by atoms with Crippen LogP contribution in [0.4, 0.5) is 15.8 Å². The standard InChI is InChI=1S/C21H21FN6O4S/c1-13-7-8-14(28(31)32)11-17(13)24-19(29)12-33-21-26-25-18(27(21)2)9-10-23-20(30)15-5-3-4-6-16(15)22/h3-8,11H,9-10,12H2,1-2H3,(H,23,30)(H,24,29). The molecular formula is C21H21FN6O4S. The average Bonchev–Trinajstić information content (AvgIpc) is 3.13. The minimum absolute atomic E-state index is 0.0259. The Morgan fingerprint density at radius 3 is 2.70 bits per heavy atom. The quantitative estimate of drug-likeness (QED) is 0.278. The van der Waals surface area contributed by atoms with Crippen LogP contribution in [0.5, 0.6) is 0 Å². The maximum absolute atomic E-state index is 13.7. The topological polar surface area (TPSA) is 132 Å². The molecule has 0 saturated carbocycles. The van der Waals surface area contributed by atoms with E-state index >= 15 is 0 Å². The van der Waals surface area contributed by atoms with Gasteiger partial charge in [-0.15, -0.1) is 10.2 Å². The van der Waals surface area contributed by atoms with Gasteiger partial charge in [0, 0.05) is 32.1 Å². The molecule has 33 heavy (non-hydrogen) atoms. The van der Waals surface area contributed by atoms with E-state index < -0.39 is 16.6 Å². The zero-order valence-corrected chi connectivity index (χ0v) is 18.7. The fraction of sp³-hybridized carbons (Fsp3) is 0.238. The molecule has 0 fully saturated rings. The normalized spacial score (nSPS) is 10.6. The van der Waals surface area contributed by atoms with Crippen LogP contribution in [0.25, 0.3) is 0 Å². The summed E-state index contributed by atoms with van der Waals surface area (Å²) in [6, 6.07) is 9.98. The summed E-state index contributed by atoms with van der Waals surface area (Å²) in [7, 11) is 1.74. The number of aryl methyl sites for hydroxylation is 1. The Hall–Kier alpha value is -3.80. The summed E-state index contributed by atoms with van der Waals surface area (Å²) in [6.07, 6.45) is 0.364. The second kappa shape index (κ2) is 10.7. The van der Waals surface area contributed by atoms with Gasteiger partial charge in [0.05, 0.1) is 21.9 Å². The number of nitrogens with zero attached hydrogens (tertiary/aromatic N) is 4. The lowest BCUT2D eigenvalue weighted by atomic mass is 10.2. The minimum Gasteiger partial charge on any atom is -0.351 e.